The Bertz CT molecular complexity index is 357. The first-order chi connectivity index (χ1) is 9.49. The predicted octanol–water partition coefficient (Wildman–Crippen LogP) is 2.04. The molecule has 3 amide bonds. The summed E-state index contributed by atoms with van der Waals surface area (Å²) in [5.74, 6) is -0.940. The summed E-state index contributed by atoms with van der Waals surface area (Å²) in [5.41, 5.74) is 0. The van der Waals surface area contributed by atoms with E-state index < -0.39 is 17.9 Å². The number of carboxylic acid groups (broad SMARTS) is 1. The number of carboxylic acids is 1. The summed E-state index contributed by atoms with van der Waals surface area (Å²) in [5, 5.41) is 13.6. The Hall–Kier alpha value is -1.59. The van der Waals surface area contributed by atoms with Crippen molar-refractivity contribution in [3.05, 3.63) is 0 Å². The van der Waals surface area contributed by atoms with Crippen molar-refractivity contribution in [1.82, 2.24) is 10.6 Å². The minimum absolute atomic E-state index is 0.0555. The van der Waals surface area contributed by atoms with Crippen molar-refractivity contribution < 1.29 is 19.5 Å². The Morgan fingerprint density at radius 2 is 1.80 bits per heavy atom. The van der Waals surface area contributed by atoms with Crippen LogP contribution in [0.5, 0.6) is 0 Å². The summed E-state index contributed by atoms with van der Waals surface area (Å²) in [7, 11) is 0. The van der Waals surface area contributed by atoms with Crippen LogP contribution in [0, 0.1) is 5.92 Å². The molecule has 0 saturated heterocycles. The molecule has 0 aromatic heterocycles. The van der Waals surface area contributed by atoms with Crippen molar-refractivity contribution in [3.8, 4) is 0 Å². The quantitative estimate of drug-likeness (QED) is 0.673. The number of amides is 3. The van der Waals surface area contributed by atoms with Crippen molar-refractivity contribution in [1.29, 1.82) is 0 Å². The molecule has 1 fully saturated rings. The predicted molar refractivity (Wildman–Crippen MR) is 74.2 cm³/mol. The number of carbonyl (C=O) groups excluding carboxylic acids is 2. The van der Waals surface area contributed by atoms with Crippen molar-refractivity contribution in [2.75, 3.05) is 0 Å². The second-order valence-electron chi connectivity index (χ2n) is 5.49. The standard InChI is InChI=1S/C14H24N2O4/c1-10-6-3-2-4-7-11(10)15-14(20)16-12(17)8-5-9-13(18)19/h10-11H,2-9H2,1H3,(H,18,19)(H2,15,16,17,20). The van der Waals surface area contributed by atoms with Gasteiger partial charge in [-0.3, -0.25) is 14.9 Å². The SMILES string of the molecule is CC1CCCCCC1NC(=O)NC(=O)CCCC(=O)O. The number of urea groups is 1. The lowest BCUT2D eigenvalue weighted by molar-refractivity contribution is -0.137. The molecule has 2 unspecified atom stereocenters. The smallest absolute Gasteiger partial charge is 0.321 e. The van der Waals surface area contributed by atoms with Crippen LogP contribution < -0.4 is 10.6 Å². The number of aliphatic carboxylic acids is 1. The molecule has 2 atom stereocenters. The minimum Gasteiger partial charge on any atom is -0.481 e. The zero-order chi connectivity index (χ0) is 15.0. The molecular formula is C14H24N2O4. The van der Waals surface area contributed by atoms with E-state index in [9.17, 15) is 14.4 Å². The Morgan fingerprint density at radius 3 is 2.50 bits per heavy atom. The third kappa shape index (κ3) is 6.54. The van der Waals surface area contributed by atoms with Crippen molar-refractivity contribution in [3.63, 3.8) is 0 Å². The van der Waals surface area contributed by atoms with E-state index in [1.165, 1.54) is 12.8 Å². The molecule has 1 aliphatic carbocycles. The zero-order valence-corrected chi connectivity index (χ0v) is 12.0. The van der Waals surface area contributed by atoms with Crippen molar-refractivity contribution >= 4 is 17.9 Å². The van der Waals surface area contributed by atoms with Crippen LogP contribution in [0.25, 0.3) is 0 Å². The molecule has 1 aliphatic rings. The van der Waals surface area contributed by atoms with E-state index in [4.69, 9.17) is 5.11 Å². The second-order valence-corrected chi connectivity index (χ2v) is 5.49. The van der Waals surface area contributed by atoms with E-state index in [0.717, 1.165) is 19.3 Å². The molecule has 0 spiro atoms. The fourth-order valence-corrected chi connectivity index (χ4v) is 2.50. The average molecular weight is 284 g/mol. The molecule has 0 aromatic rings. The average Bonchev–Trinajstić information content (AvgIpc) is 2.54. The Kier molecular flexibility index (Phi) is 7.04. The number of carbonyl (C=O) groups is 3. The van der Waals surface area contributed by atoms with Crippen molar-refractivity contribution in [2.45, 2.75) is 64.3 Å². The van der Waals surface area contributed by atoms with Gasteiger partial charge in [0.1, 0.15) is 0 Å². The molecule has 20 heavy (non-hydrogen) atoms. The molecule has 0 heterocycles. The van der Waals surface area contributed by atoms with Gasteiger partial charge in [0.05, 0.1) is 0 Å². The Labute approximate surface area is 119 Å². The molecule has 0 aromatic carbocycles. The van der Waals surface area contributed by atoms with Gasteiger partial charge >= 0.3 is 12.0 Å². The third-order valence-corrected chi connectivity index (χ3v) is 3.73. The summed E-state index contributed by atoms with van der Waals surface area (Å²) in [4.78, 5) is 33.5. The maximum atomic E-state index is 11.7. The fraction of sp³-hybridized carbons (Fsp3) is 0.786. The summed E-state index contributed by atoms with van der Waals surface area (Å²) in [6, 6.07) is -0.353. The first-order valence-corrected chi connectivity index (χ1v) is 7.31. The fourth-order valence-electron chi connectivity index (χ4n) is 2.50. The van der Waals surface area contributed by atoms with Crippen LogP contribution in [0.1, 0.15) is 58.3 Å². The molecule has 6 heteroatoms. The lowest BCUT2D eigenvalue weighted by atomic mass is 9.97. The van der Waals surface area contributed by atoms with Gasteiger partial charge in [-0.2, -0.15) is 0 Å². The lowest BCUT2D eigenvalue weighted by Crippen LogP contribution is -2.46. The van der Waals surface area contributed by atoms with Crippen LogP contribution in [-0.2, 0) is 9.59 Å². The van der Waals surface area contributed by atoms with E-state index in [1.807, 2.05) is 0 Å². The van der Waals surface area contributed by atoms with Gasteiger partial charge in [-0.1, -0.05) is 26.2 Å². The Morgan fingerprint density at radius 1 is 1.10 bits per heavy atom. The van der Waals surface area contributed by atoms with Crippen LogP contribution in [0.4, 0.5) is 4.79 Å². The number of hydrogen-bond donors (Lipinski definition) is 3. The van der Waals surface area contributed by atoms with Gasteiger partial charge in [0.25, 0.3) is 0 Å². The van der Waals surface area contributed by atoms with E-state index >= 15 is 0 Å². The first kappa shape index (κ1) is 16.5. The van der Waals surface area contributed by atoms with Crippen LogP contribution in [-0.4, -0.2) is 29.1 Å². The largest absolute Gasteiger partial charge is 0.481 e. The van der Waals surface area contributed by atoms with Crippen LogP contribution >= 0.6 is 0 Å². The van der Waals surface area contributed by atoms with E-state index in [1.54, 1.807) is 0 Å². The summed E-state index contributed by atoms with van der Waals surface area (Å²) in [6.07, 6.45) is 5.76. The molecule has 114 valence electrons. The molecule has 1 rings (SSSR count). The molecule has 6 nitrogen and oxygen atoms in total. The van der Waals surface area contributed by atoms with Gasteiger partial charge in [-0.05, 0) is 25.2 Å². The zero-order valence-electron chi connectivity index (χ0n) is 12.0. The van der Waals surface area contributed by atoms with Gasteiger partial charge in [0.2, 0.25) is 5.91 Å². The third-order valence-electron chi connectivity index (χ3n) is 3.73. The highest BCUT2D eigenvalue weighted by Crippen LogP contribution is 2.22. The van der Waals surface area contributed by atoms with Gasteiger partial charge < -0.3 is 10.4 Å². The molecule has 0 radical (unpaired) electrons. The van der Waals surface area contributed by atoms with Gasteiger partial charge in [0.15, 0.2) is 0 Å². The minimum atomic E-state index is -0.936. The number of nitrogens with one attached hydrogen (secondary N) is 2. The highest BCUT2D eigenvalue weighted by atomic mass is 16.4. The van der Waals surface area contributed by atoms with Crippen LogP contribution in [0.2, 0.25) is 0 Å². The van der Waals surface area contributed by atoms with Gasteiger partial charge in [0, 0.05) is 18.9 Å². The van der Waals surface area contributed by atoms with Crippen LogP contribution in [0.15, 0.2) is 0 Å². The van der Waals surface area contributed by atoms with E-state index in [2.05, 4.69) is 17.6 Å². The monoisotopic (exact) mass is 284 g/mol. The normalized spacial score (nSPS) is 22.6. The Balaban J connectivity index is 2.27. The second kappa shape index (κ2) is 8.55. The highest BCUT2D eigenvalue weighted by molar-refractivity contribution is 5.94. The van der Waals surface area contributed by atoms with Gasteiger partial charge in [-0.15, -0.1) is 0 Å². The summed E-state index contributed by atoms with van der Waals surface area (Å²) >= 11 is 0. The topological polar surface area (TPSA) is 95.5 Å². The summed E-state index contributed by atoms with van der Waals surface area (Å²) in [6.45, 7) is 2.12. The molecule has 3 N–H and O–H groups in total. The first-order valence-electron chi connectivity index (χ1n) is 7.31. The number of hydrogen-bond acceptors (Lipinski definition) is 3. The highest BCUT2D eigenvalue weighted by Gasteiger charge is 2.22. The van der Waals surface area contributed by atoms with Gasteiger partial charge in [-0.25, -0.2) is 4.79 Å². The molecule has 0 bridgehead atoms. The maximum absolute atomic E-state index is 11.7. The molecule has 0 aliphatic heterocycles. The lowest BCUT2D eigenvalue weighted by Gasteiger charge is -2.22. The van der Waals surface area contributed by atoms with E-state index in [-0.39, 0.29) is 25.3 Å². The number of rotatable bonds is 5. The molecular weight excluding hydrogens is 260 g/mol. The van der Waals surface area contributed by atoms with Crippen molar-refractivity contribution in [2.24, 2.45) is 5.92 Å². The summed E-state index contributed by atoms with van der Waals surface area (Å²) < 4.78 is 0. The van der Waals surface area contributed by atoms with E-state index in [0.29, 0.717) is 5.92 Å². The van der Waals surface area contributed by atoms with Crippen LogP contribution in [0.3, 0.4) is 0 Å². The molecule has 1 saturated carbocycles. The number of imide groups is 1. The maximum Gasteiger partial charge on any atom is 0.321 e.